The van der Waals surface area contributed by atoms with Crippen LogP contribution in [0.15, 0.2) is 24.3 Å². The maximum Gasteiger partial charge on any atom is 0.254 e. The maximum atomic E-state index is 13.2. The number of fused-ring (bicyclic) bond motifs is 1. The molecule has 0 aliphatic heterocycles. The summed E-state index contributed by atoms with van der Waals surface area (Å²) in [5, 5.41) is 12.9. The molecule has 0 amide bonds. The first-order valence-corrected chi connectivity index (χ1v) is 7.78. The van der Waals surface area contributed by atoms with Crippen LogP contribution in [0.4, 0.5) is 8.78 Å². The topological polar surface area (TPSA) is 32.3 Å². The Hall–Kier alpha value is -1.00. The second-order valence-electron chi connectivity index (χ2n) is 6.78. The van der Waals surface area contributed by atoms with E-state index in [0.717, 1.165) is 5.56 Å². The third-order valence-electron chi connectivity index (χ3n) is 5.07. The molecule has 3 atom stereocenters. The lowest BCUT2D eigenvalue weighted by Gasteiger charge is -2.24. The monoisotopic (exact) mass is 295 g/mol. The molecule has 3 rings (SSSR count). The van der Waals surface area contributed by atoms with E-state index in [1.165, 1.54) is 5.56 Å². The summed E-state index contributed by atoms with van der Waals surface area (Å²) in [7, 11) is 0. The first-order valence-electron chi connectivity index (χ1n) is 7.78. The van der Waals surface area contributed by atoms with Gasteiger partial charge >= 0.3 is 0 Å². The largest absolute Gasteiger partial charge is 0.394 e. The van der Waals surface area contributed by atoms with Crippen LogP contribution in [-0.2, 0) is 0 Å². The van der Waals surface area contributed by atoms with E-state index in [-0.39, 0.29) is 18.7 Å². The van der Waals surface area contributed by atoms with E-state index >= 15 is 0 Å². The van der Waals surface area contributed by atoms with Crippen LogP contribution in [0.2, 0.25) is 0 Å². The Morgan fingerprint density at radius 3 is 2.14 bits per heavy atom. The highest BCUT2D eigenvalue weighted by Crippen LogP contribution is 2.64. The van der Waals surface area contributed by atoms with E-state index in [1.54, 1.807) is 0 Å². The molecule has 0 bridgehead atoms. The lowest BCUT2D eigenvalue weighted by atomic mass is 9.98. The number of aliphatic hydroxyl groups is 1. The molecule has 0 aromatic heterocycles. The van der Waals surface area contributed by atoms with Crippen molar-refractivity contribution in [3.8, 4) is 0 Å². The summed E-state index contributed by atoms with van der Waals surface area (Å²) < 4.78 is 26.4. The van der Waals surface area contributed by atoms with Crippen molar-refractivity contribution in [3.63, 3.8) is 0 Å². The highest BCUT2D eigenvalue weighted by atomic mass is 19.3. The van der Waals surface area contributed by atoms with Gasteiger partial charge in [0.05, 0.1) is 12.6 Å². The Kier molecular flexibility index (Phi) is 3.78. The van der Waals surface area contributed by atoms with E-state index in [1.807, 2.05) is 12.1 Å². The Morgan fingerprint density at radius 1 is 1.14 bits per heavy atom. The van der Waals surface area contributed by atoms with Gasteiger partial charge in [0.1, 0.15) is 0 Å². The van der Waals surface area contributed by atoms with E-state index in [9.17, 15) is 13.9 Å². The van der Waals surface area contributed by atoms with Crippen LogP contribution >= 0.6 is 0 Å². The summed E-state index contributed by atoms with van der Waals surface area (Å²) in [5.41, 5.74) is 2.28. The molecule has 4 heteroatoms. The number of nitrogens with one attached hydrogen (secondary N) is 1. The highest BCUT2D eigenvalue weighted by molar-refractivity contribution is 5.27. The second-order valence-corrected chi connectivity index (χ2v) is 6.78. The molecule has 0 heterocycles. The first-order chi connectivity index (χ1) is 9.93. The van der Waals surface area contributed by atoms with E-state index in [2.05, 4.69) is 31.3 Å². The summed E-state index contributed by atoms with van der Waals surface area (Å²) >= 11 is 0. The fraction of sp³-hybridized carbons (Fsp3) is 0.647. The SMILES string of the molecule is CC(C)c1ccc(C(CO)NC2CC3C(C2)C3(F)F)cc1. The molecule has 0 radical (unpaired) electrons. The lowest BCUT2D eigenvalue weighted by molar-refractivity contribution is 0.0655. The number of rotatable bonds is 5. The van der Waals surface area contributed by atoms with Gasteiger partial charge < -0.3 is 10.4 Å². The summed E-state index contributed by atoms with van der Waals surface area (Å²) in [6.07, 6.45) is 1.05. The zero-order chi connectivity index (χ0) is 15.2. The average Bonchev–Trinajstić information content (AvgIpc) is 2.81. The number of benzene rings is 1. The Bertz CT molecular complexity index is 486. The van der Waals surface area contributed by atoms with E-state index < -0.39 is 17.8 Å². The molecule has 2 nitrogen and oxygen atoms in total. The predicted octanol–water partition coefficient (Wildman–Crippen LogP) is 3.48. The van der Waals surface area contributed by atoms with Crippen LogP contribution in [-0.4, -0.2) is 23.7 Å². The Morgan fingerprint density at radius 2 is 1.67 bits per heavy atom. The lowest BCUT2D eigenvalue weighted by Crippen LogP contribution is -2.35. The zero-order valence-electron chi connectivity index (χ0n) is 12.5. The number of hydrogen-bond donors (Lipinski definition) is 2. The molecule has 2 N–H and O–H groups in total. The van der Waals surface area contributed by atoms with Crippen molar-refractivity contribution in [2.45, 2.75) is 50.6 Å². The molecule has 3 unspecified atom stereocenters. The van der Waals surface area contributed by atoms with Crippen LogP contribution in [0.1, 0.15) is 49.8 Å². The minimum absolute atomic E-state index is 0.0107. The molecule has 2 saturated carbocycles. The van der Waals surface area contributed by atoms with Crippen LogP contribution < -0.4 is 5.32 Å². The summed E-state index contributed by atoms with van der Waals surface area (Å²) in [6.45, 7) is 4.27. The summed E-state index contributed by atoms with van der Waals surface area (Å²) in [6, 6.07) is 8.12. The third kappa shape index (κ3) is 2.71. The van der Waals surface area contributed by atoms with Crippen molar-refractivity contribution in [2.24, 2.45) is 11.8 Å². The van der Waals surface area contributed by atoms with Crippen molar-refractivity contribution in [2.75, 3.05) is 6.61 Å². The molecule has 21 heavy (non-hydrogen) atoms. The molecular formula is C17H23F2NO. The fourth-order valence-corrected chi connectivity index (χ4v) is 3.60. The van der Waals surface area contributed by atoms with Crippen molar-refractivity contribution in [3.05, 3.63) is 35.4 Å². The van der Waals surface area contributed by atoms with Gasteiger partial charge in [-0.3, -0.25) is 0 Å². The number of halogens is 2. The minimum Gasteiger partial charge on any atom is -0.394 e. The van der Waals surface area contributed by atoms with Gasteiger partial charge in [0.25, 0.3) is 5.92 Å². The fourth-order valence-electron chi connectivity index (χ4n) is 3.60. The predicted molar refractivity (Wildman–Crippen MR) is 78.4 cm³/mol. The number of hydrogen-bond acceptors (Lipinski definition) is 2. The average molecular weight is 295 g/mol. The molecule has 116 valence electrons. The van der Waals surface area contributed by atoms with Gasteiger partial charge in [0.15, 0.2) is 0 Å². The van der Waals surface area contributed by atoms with Crippen LogP contribution in [0, 0.1) is 11.8 Å². The standard InChI is InChI=1S/C17H23F2NO/c1-10(2)11-3-5-12(6-4-11)16(9-21)20-13-7-14-15(8-13)17(14,18)19/h3-6,10,13-16,20-21H,7-9H2,1-2H3. The number of alkyl halides is 2. The van der Waals surface area contributed by atoms with Gasteiger partial charge in [-0.25, -0.2) is 8.78 Å². The molecule has 0 saturated heterocycles. The van der Waals surface area contributed by atoms with E-state index in [0.29, 0.717) is 18.8 Å². The van der Waals surface area contributed by atoms with Crippen LogP contribution in [0.5, 0.6) is 0 Å². The molecule has 1 aromatic carbocycles. The maximum absolute atomic E-state index is 13.2. The van der Waals surface area contributed by atoms with Crippen LogP contribution in [0.3, 0.4) is 0 Å². The molecule has 0 spiro atoms. The Labute approximate surface area is 124 Å². The molecule has 2 aliphatic rings. The van der Waals surface area contributed by atoms with Gasteiger partial charge in [-0.05, 0) is 29.9 Å². The Balaban J connectivity index is 1.61. The smallest absolute Gasteiger partial charge is 0.254 e. The molecule has 2 fully saturated rings. The van der Waals surface area contributed by atoms with Crippen molar-refractivity contribution in [1.82, 2.24) is 5.32 Å². The van der Waals surface area contributed by atoms with Crippen LogP contribution in [0.25, 0.3) is 0 Å². The summed E-state index contributed by atoms with van der Waals surface area (Å²) in [5.74, 6) is -2.81. The van der Waals surface area contributed by atoms with Crippen molar-refractivity contribution in [1.29, 1.82) is 0 Å². The van der Waals surface area contributed by atoms with Gasteiger partial charge in [0.2, 0.25) is 0 Å². The van der Waals surface area contributed by atoms with Gasteiger partial charge in [-0.1, -0.05) is 38.1 Å². The molecule has 2 aliphatic carbocycles. The van der Waals surface area contributed by atoms with E-state index in [4.69, 9.17) is 0 Å². The molecular weight excluding hydrogens is 272 g/mol. The highest BCUT2D eigenvalue weighted by Gasteiger charge is 2.71. The van der Waals surface area contributed by atoms with Gasteiger partial charge in [-0.15, -0.1) is 0 Å². The zero-order valence-corrected chi connectivity index (χ0v) is 12.5. The normalized spacial score (nSPS) is 31.2. The summed E-state index contributed by atoms with van der Waals surface area (Å²) in [4.78, 5) is 0. The minimum atomic E-state index is -2.42. The van der Waals surface area contributed by atoms with Gasteiger partial charge in [0, 0.05) is 17.9 Å². The van der Waals surface area contributed by atoms with Crippen molar-refractivity contribution < 1.29 is 13.9 Å². The molecule has 1 aromatic rings. The quantitative estimate of drug-likeness (QED) is 0.871. The first kappa shape index (κ1) is 14.9. The number of aliphatic hydroxyl groups excluding tert-OH is 1. The van der Waals surface area contributed by atoms with Crippen molar-refractivity contribution >= 4 is 0 Å². The van der Waals surface area contributed by atoms with Gasteiger partial charge in [-0.2, -0.15) is 0 Å². The third-order valence-corrected chi connectivity index (χ3v) is 5.07. The second kappa shape index (κ2) is 5.33.